The number of alkyl halides is 2. The fourth-order valence-corrected chi connectivity index (χ4v) is 2.53. The molecule has 1 N–H and O–H groups in total. The van der Waals surface area contributed by atoms with Gasteiger partial charge in [-0.2, -0.15) is 0 Å². The van der Waals surface area contributed by atoms with Crippen LogP contribution in [0.15, 0.2) is 0 Å². The fraction of sp³-hybridized carbons (Fsp3) is 1.00. The zero-order valence-corrected chi connectivity index (χ0v) is 9.26. The molecule has 0 saturated heterocycles. The minimum Gasteiger partial charge on any atom is -0.306 e. The van der Waals surface area contributed by atoms with Crippen molar-refractivity contribution in [1.29, 1.82) is 0 Å². The first kappa shape index (κ1) is 11.9. The predicted molar refractivity (Wildman–Crippen MR) is 54.6 cm³/mol. The standard InChI is InChI=1S/C11H21F2N/c1-7-4-8(2)6-10(5-7)14-9(3)11(12)13/h7-11,14H,4-6H2,1-3H3. The quantitative estimate of drug-likeness (QED) is 0.746. The summed E-state index contributed by atoms with van der Waals surface area (Å²) in [5.41, 5.74) is 0. The van der Waals surface area contributed by atoms with Crippen LogP contribution in [0.1, 0.15) is 40.0 Å². The molecule has 1 aliphatic carbocycles. The molecule has 1 nitrogen and oxygen atoms in total. The van der Waals surface area contributed by atoms with Crippen LogP contribution in [-0.2, 0) is 0 Å². The van der Waals surface area contributed by atoms with Crippen LogP contribution >= 0.6 is 0 Å². The summed E-state index contributed by atoms with van der Waals surface area (Å²) in [6.07, 6.45) is 1.08. The minimum atomic E-state index is -2.25. The molecular weight excluding hydrogens is 184 g/mol. The van der Waals surface area contributed by atoms with Crippen molar-refractivity contribution in [2.24, 2.45) is 11.8 Å². The predicted octanol–water partition coefficient (Wildman–Crippen LogP) is 3.05. The second-order valence-electron chi connectivity index (χ2n) is 4.90. The van der Waals surface area contributed by atoms with E-state index in [1.54, 1.807) is 6.92 Å². The van der Waals surface area contributed by atoms with Gasteiger partial charge in [-0.3, -0.25) is 0 Å². The molecule has 84 valence electrons. The molecule has 1 fully saturated rings. The normalized spacial score (nSPS) is 36.0. The molecule has 0 spiro atoms. The van der Waals surface area contributed by atoms with Gasteiger partial charge in [-0.15, -0.1) is 0 Å². The van der Waals surface area contributed by atoms with Crippen LogP contribution in [0, 0.1) is 11.8 Å². The van der Waals surface area contributed by atoms with Crippen LogP contribution in [0.25, 0.3) is 0 Å². The van der Waals surface area contributed by atoms with Gasteiger partial charge < -0.3 is 5.32 Å². The van der Waals surface area contributed by atoms with Gasteiger partial charge in [0.05, 0.1) is 6.04 Å². The minimum absolute atomic E-state index is 0.290. The summed E-state index contributed by atoms with van der Waals surface area (Å²) in [5.74, 6) is 1.34. The lowest BCUT2D eigenvalue weighted by Crippen LogP contribution is -2.44. The maximum atomic E-state index is 12.3. The molecule has 0 heterocycles. The summed E-state index contributed by atoms with van der Waals surface area (Å²) < 4.78 is 24.6. The summed E-state index contributed by atoms with van der Waals surface area (Å²) >= 11 is 0. The SMILES string of the molecule is CC1CC(C)CC(NC(C)C(F)F)C1. The van der Waals surface area contributed by atoms with E-state index in [2.05, 4.69) is 19.2 Å². The first-order valence-electron chi connectivity index (χ1n) is 5.53. The Labute approximate surface area is 85.3 Å². The van der Waals surface area contributed by atoms with Gasteiger partial charge in [-0.25, -0.2) is 8.78 Å². The zero-order chi connectivity index (χ0) is 10.7. The maximum absolute atomic E-state index is 12.3. The van der Waals surface area contributed by atoms with Crippen LogP contribution in [0.3, 0.4) is 0 Å². The van der Waals surface area contributed by atoms with Crippen LogP contribution in [0.2, 0.25) is 0 Å². The third-order valence-electron chi connectivity index (χ3n) is 3.06. The van der Waals surface area contributed by atoms with Crippen LogP contribution < -0.4 is 5.32 Å². The largest absolute Gasteiger partial charge is 0.306 e. The Hall–Kier alpha value is -0.180. The number of rotatable bonds is 3. The maximum Gasteiger partial charge on any atom is 0.253 e. The van der Waals surface area contributed by atoms with Crippen molar-refractivity contribution in [2.45, 2.75) is 58.5 Å². The third kappa shape index (κ3) is 3.52. The van der Waals surface area contributed by atoms with Gasteiger partial charge in [-0.1, -0.05) is 13.8 Å². The van der Waals surface area contributed by atoms with Crippen molar-refractivity contribution in [3.05, 3.63) is 0 Å². The van der Waals surface area contributed by atoms with E-state index in [9.17, 15) is 8.78 Å². The van der Waals surface area contributed by atoms with Gasteiger partial charge in [0.2, 0.25) is 0 Å². The summed E-state index contributed by atoms with van der Waals surface area (Å²) in [7, 11) is 0. The molecule has 14 heavy (non-hydrogen) atoms. The highest BCUT2D eigenvalue weighted by molar-refractivity contribution is 4.81. The highest BCUT2D eigenvalue weighted by atomic mass is 19.3. The molecule has 1 rings (SSSR count). The molecule has 3 atom stereocenters. The van der Waals surface area contributed by atoms with E-state index in [0.29, 0.717) is 11.8 Å². The number of hydrogen-bond acceptors (Lipinski definition) is 1. The van der Waals surface area contributed by atoms with Crippen molar-refractivity contribution in [1.82, 2.24) is 5.32 Å². The van der Waals surface area contributed by atoms with E-state index in [4.69, 9.17) is 0 Å². The highest BCUT2D eigenvalue weighted by Crippen LogP contribution is 2.28. The summed E-state index contributed by atoms with van der Waals surface area (Å²) in [6, 6.07) is -0.379. The van der Waals surface area contributed by atoms with E-state index in [1.807, 2.05) is 0 Å². The van der Waals surface area contributed by atoms with Crippen molar-refractivity contribution in [2.75, 3.05) is 0 Å². The van der Waals surface area contributed by atoms with E-state index in [0.717, 1.165) is 12.8 Å². The Balaban J connectivity index is 2.36. The molecule has 1 aliphatic rings. The second kappa shape index (κ2) is 5.06. The van der Waals surface area contributed by atoms with Crippen molar-refractivity contribution >= 4 is 0 Å². The number of nitrogens with one attached hydrogen (secondary N) is 1. The molecule has 0 aliphatic heterocycles. The summed E-state index contributed by atoms with van der Waals surface area (Å²) in [5, 5.41) is 3.03. The molecule has 3 unspecified atom stereocenters. The Bertz CT molecular complexity index is 163. The van der Waals surface area contributed by atoms with Crippen molar-refractivity contribution < 1.29 is 8.78 Å². The molecule has 0 amide bonds. The Morgan fingerprint density at radius 3 is 2.00 bits per heavy atom. The first-order valence-corrected chi connectivity index (χ1v) is 5.53. The van der Waals surface area contributed by atoms with E-state index in [-0.39, 0.29) is 6.04 Å². The van der Waals surface area contributed by atoms with Gasteiger partial charge >= 0.3 is 0 Å². The highest BCUT2D eigenvalue weighted by Gasteiger charge is 2.26. The van der Waals surface area contributed by atoms with Crippen molar-refractivity contribution in [3.8, 4) is 0 Å². The monoisotopic (exact) mass is 205 g/mol. The lowest BCUT2D eigenvalue weighted by molar-refractivity contribution is 0.0900. The molecular formula is C11H21F2N. The Kier molecular flexibility index (Phi) is 4.30. The fourth-order valence-electron chi connectivity index (χ4n) is 2.53. The summed E-state index contributed by atoms with van der Waals surface area (Å²) in [4.78, 5) is 0. The molecule has 3 heteroatoms. The Morgan fingerprint density at radius 2 is 1.57 bits per heavy atom. The average molecular weight is 205 g/mol. The molecule has 1 saturated carbocycles. The van der Waals surface area contributed by atoms with Crippen LogP contribution in [0.5, 0.6) is 0 Å². The first-order chi connectivity index (χ1) is 6.49. The lowest BCUT2D eigenvalue weighted by atomic mass is 9.80. The van der Waals surface area contributed by atoms with Gasteiger partial charge in [0.1, 0.15) is 0 Å². The topological polar surface area (TPSA) is 12.0 Å². The van der Waals surface area contributed by atoms with Crippen LogP contribution in [-0.4, -0.2) is 18.5 Å². The molecule has 0 bridgehead atoms. The second-order valence-corrected chi connectivity index (χ2v) is 4.90. The van der Waals surface area contributed by atoms with Gasteiger partial charge in [-0.05, 0) is 38.0 Å². The van der Waals surface area contributed by atoms with Crippen LogP contribution in [0.4, 0.5) is 8.78 Å². The molecule has 0 aromatic carbocycles. The lowest BCUT2D eigenvalue weighted by Gasteiger charge is -2.33. The van der Waals surface area contributed by atoms with E-state index in [1.165, 1.54) is 6.42 Å². The Morgan fingerprint density at radius 1 is 1.07 bits per heavy atom. The van der Waals surface area contributed by atoms with Gasteiger partial charge in [0.15, 0.2) is 0 Å². The molecule has 0 aromatic rings. The van der Waals surface area contributed by atoms with Gasteiger partial charge in [0, 0.05) is 6.04 Å². The number of halogens is 2. The van der Waals surface area contributed by atoms with Crippen molar-refractivity contribution in [3.63, 3.8) is 0 Å². The molecule has 0 aromatic heterocycles. The van der Waals surface area contributed by atoms with Gasteiger partial charge in [0.25, 0.3) is 6.43 Å². The smallest absolute Gasteiger partial charge is 0.253 e. The molecule has 0 radical (unpaired) electrons. The summed E-state index contributed by atoms with van der Waals surface area (Å²) in [6.45, 7) is 5.98. The third-order valence-corrected chi connectivity index (χ3v) is 3.06. The number of hydrogen-bond donors (Lipinski definition) is 1. The van der Waals surface area contributed by atoms with E-state index < -0.39 is 12.5 Å². The zero-order valence-electron chi connectivity index (χ0n) is 9.26. The van der Waals surface area contributed by atoms with E-state index >= 15 is 0 Å². The average Bonchev–Trinajstić information content (AvgIpc) is 2.01.